The first kappa shape index (κ1) is 14.5. The van der Waals surface area contributed by atoms with Crippen molar-refractivity contribution in [2.75, 3.05) is 0 Å². The van der Waals surface area contributed by atoms with E-state index in [0.717, 1.165) is 15.6 Å². The molecule has 2 aromatic carbocycles. The van der Waals surface area contributed by atoms with Crippen LogP contribution in [0.1, 0.15) is 11.1 Å². The quantitative estimate of drug-likeness (QED) is 0.880. The smallest absolute Gasteiger partial charge is 0.315 e. The van der Waals surface area contributed by atoms with Gasteiger partial charge in [-0.15, -0.1) is 0 Å². The third-order valence-corrected chi connectivity index (χ3v) is 3.20. The van der Waals surface area contributed by atoms with E-state index in [1.165, 1.54) is 12.1 Å². The molecule has 0 saturated heterocycles. The summed E-state index contributed by atoms with van der Waals surface area (Å²) in [6, 6.07) is 13.5. The van der Waals surface area contributed by atoms with Crippen molar-refractivity contribution in [3.05, 3.63) is 69.9 Å². The fourth-order valence-corrected chi connectivity index (χ4v) is 2.12. The molecule has 3 nitrogen and oxygen atoms in total. The fraction of sp³-hybridized carbons (Fsp3) is 0.133. The average molecular weight is 337 g/mol. The lowest BCUT2D eigenvalue weighted by Gasteiger charge is -2.08. The van der Waals surface area contributed by atoms with Crippen LogP contribution >= 0.6 is 15.9 Å². The second kappa shape index (κ2) is 7.05. The molecule has 5 heteroatoms. The molecule has 2 N–H and O–H groups in total. The normalized spacial score (nSPS) is 10.1. The van der Waals surface area contributed by atoms with Gasteiger partial charge in [-0.3, -0.25) is 0 Å². The number of nitrogens with one attached hydrogen (secondary N) is 2. The summed E-state index contributed by atoms with van der Waals surface area (Å²) in [5.41, 5.74) is 1.86. The molecule has 0 aliphatic carbocycles. The lowest BCUT2D eigenvalue weighted by atomic mass is 10.2. The Balaban J connectivity index is 1.77. The van der Waals surface area contributed by atoms with E-state index in [4.69, 9.17) is 0 Å². The number of rotatable bonds is 4. The molecular weight excluding hydrogens is 323 g/mol. The highest BCUT2D eigenvalue weighted by molar-refractivity contribution is 9.10. The molecule has 0 atom stereocenters. The lowest BCUT2D eigenvalue weighted by Crippen LogP contribution is -2.34. The first-order valence-corrected chi connectivity index (χ1v) is 6.93. The number of carbonyl (C=O) groups is 1. The van der Waals surface area contributed by atoms with Gasteiger partial charge in [0.05, 0.1) is 0 Å². The monoisotopic (exact) mass is 336 g/mol. The van der Waals surface area contributed by atoms with E-state index in [1.54, 1.807) is 12.1 Å². The van der Waals surface area contributed by atoms with Crippen LogP contribution < -0.4 is 10.6 Å². The maximum atomic E-state index is 12.7. The lowest BCUT2D eigenvalue weighted by molar-refractivity contribution is 0.240. The Kier molecular flexibility index (Phi) is 5.12. The topological polar surface area (TPSA) is 41.1 Å². The Morgan fingerprint density at radius 3 is 2.30 bits per heavy atom. The minimum atomic E-state index is -0.284. The predicted octanol–water partition coefficient (Wildman–Crippen LogP) is 3.59. The van der Waals surface area contributed by atoms with Crippen molar-refractivity contribution in [1.82, 2.24) is 10.6 Å². The zero-order valence-corrected chi connectivity index (χ0v) is 12.3. The molecule has 0 aliphatic heterocycles. The second-order valence-corrected chi connectivity index (χ2v) is 5.21. The van der Waals surface area contributed by atoms with E-state index in [1.807, 2.05) is 24.3 Å². The van der Waals surface area contributed by atoms with E-state index in [0.29, 0.717) is 13.1 Å². The summed E-state index contributed by atoms with van der Waals surface area (Å²) < 4.78 is 13.7. The first-order valence-electron chi connectivity index (χ1n) is 6.14. The number of benzene rings is 2. The van der Waals surface area contributed by atoms with Gasteiger partial charge in [0.25, 0.3) is 0 Å². The summed E-state index contributed by atoms with van der Waals surface area (Å²) in [5.74, 6) is -0.284. The molecule has 0 aliphatic rings. The van der Waals surface area contributed by atoms with Crippen LogP contribution in [0.4, 0.5) is 9.18 Å². The van der Waals surface area contributed by atoms with Crippen LogP contribution in [0.3, 0.4) is 0 Å². The Bertz CT molecular complexity index is 587. The minimum absolute atomic E-state index is 0.255. The van der Waals surface area contributed by atoms with Gasteiger partial charge in [-0.2, -0.15) is 0 Å². The maximum Gasteiger partial charge on any atom is 0.315 e. The standard InChI is InChI=1S/C15H14BrFN2O/c16-13-3-1-2-12(8-13)10-19-15(20)18-9-11-4-6-14(17)7-5-11/h1-8H,9-10H2,(H2,18,19,20). The molecule has 104 valence electrons. The molecule has 0 unspecified atom stereocenters. The van der Waals surface area contributed by atoms with E-state index in [9.17, 15) is 9.18 Å². The molecule has 0 heterocycles. The molecule has 20 heavy (non-hydrogen) atoms. The van der Waals surface area contributed by atoms with Crippen LogP contribution in [-0.2, 0) is 13.1 Å². The fourth-order valence-electron chi connectivity index (χ4n) is 1.68. The number of halogens is 2. The highest BCUT2D eigenvalue weighted by Crippen LogP contribution is 2.11. The van der Waals surface area contributed by atoms with E-state index in [2.05, 4.69) is 26.6 Å². The summed E-state index contributed by atoms with van der Waals surface area (Å²) in [5, 5.41) is 5.48. The third-order valence-electron chi connectivity index (χ3n) is 2.71. The summed E-state index contributed by atoms with van der Waals surface area (Å²) in [6.45, 7) is 0.819. The van der Waals surface area contributed by atoms with Crippen molar-refractivity contribution in [2.45, 2.75) is 13.1 Å². The van der Waals surface area contributed by atoms with Crippen LogP contribution in [0.5, 0.6) is 0 Å². The zero-order valence-electron chi connectivity index (χ0n) is 10.7. The van der Waals surface area contributed by atoms with E-state index in [-0.39, 0.29) is 11.8 Å². The Hall–Kier alpha value is -1.88. The van der Waals surface area contributed by atoms with E-state index < -0.39 is 0 Å². The largest absolute Gasteiger partial charge is 0.334 e. The first-order chi connectivity index (χ1) is 9.63. The van der Waals surface area contributed by atoms with Gasteiger partial charge in [-0.1, -0.05) is 40.2 Å². The van der Waals surface area contributed by atoms with Crippen molar-refractivity contribution >= 4 is 22.0 Å². The molecule has 0 spiro atoms. The second-order valence-electron chi connectivity index (χ2n) is 4.29. The minimum Gasteiger partial charge on any atom is -0.334 e. The van der Waals surface area contributed by atoms with Gasteiger partial charge in [-0.05, 0) is 35.4 Å². The van der Waals surface area contributed by atoms with Crippen molar-refractivity contribution in [1.29, 1.82) is 0 Å². The predicted molar refractivity (Wildman–Crippen MR) is 79.6 cm³/mol. The third kappa shape index (κ3) is 4.66. The molecular formula is C15H14BrFN2O. The van der Waals surface area contributed by atoms with Gasteiger partial charge in [-0.25, -0.2) is 9.18 Å². The average Bonchev–Trinajstić information content (AvgIpc) is 2.45. The van der Waals surface area contributed by atoms with Crippen LogP contribution in [0.25, 0.3) is 0 Å². The van der Waals surface area contributed by atoms with Crippen LogP contribution in [0, 0.1) is 5.82 Å². The van der Waals surface area contributed by atoms with Crippen molar-refractivity contribution in [3.8, 4) is 0 Å². The summed E-state index contributed by atoms with van der Waals surface area (Å²) in [6.07, 6.45) is 0. The molecule has 0 saturated carbocycles. The highest BCUT2D eigenvalue weighted by Gasteiger charge is 2.01. The number of carbonyl (C=O) groups excluding carboxylic acids is 1. The molecule has 2 rings (SSSR count). The van der Waals surface area contributed by atoms with Crippen LogP contribution in [-0.4, -0.2) is 6.03 Å². The molecule has 0 radical (unpaired) electrons. The van der Waals surface area contributed by atoms with Crippen LogP contribution in [0.15, 0.2) is 53.0 Å². The van der Waals surface area contributed by atoms with Crippen molar-refractivity contribution < 1.29 is 9.18 Å². The number of hydrogen-bond acceptors (Lipinski definition) is 1. The summed E-state index contributed by atoms with van der Waals surface area (Å²) >= 11 is 3.38. The summed E-state index contributed by atoms with van der Waals surface area (Å²) in [7, 11) is 0. The van der Waals surface area contributed by atoms with Gasteiger partial charge >= 0.3 is 6.03 Å². The van der Waals surface area contributed by atoms with Gasteiger partial charge in [0.2, 0.25) is 0 Å². The molecule has 0 fully saturated rings. The summed E-state index contributed by atoms with van der Waals surface area (Å²) in [4.78, 5) is 11.6. The maximum absolute atomic E-state index is 12.7. The number of hydrogen-bond donors (Lipinski definition) is 2. The Labute approximate surface area is 125 Å². The molecule has 2 amide bonds. The van der Waals surface area contributed by atoms with Gasteiger partial charge < -0.3 is 10.6 Å². The van der Waals surface area contributed by atoms with Gasteiger partial charge in [0.1, 0.15) is 5.82 Å². The van der Waals surface area contributed by atoms with Gasteiger partial charge in [0, 0.05) is 17.6 Å². The van der Waals surface area contributed by atoms with E-state index >= 15 is 0 Å². The number of urea groups is 1. The van der Waals surface area contributed by atoms with Crippen LogP contribution in [0.2, 0.25) is 0 Å². The molecule has 0 bridgehead atoms. The SMILES string of the molecule is O=C(NCc1ccc(F)cc1)NCc1cccc(Br)c1. The highest BCUT2D eigenvalue weighted by atomic mass is 79.9. The van der Waals surface area contributed by atoms with Crippen molar-refractivity contribution in [3.63, 3.8) is 0 Å². The molecule has 0 aromatic heterocycles. The molecule has 2 aromatic rings. The Morgan fingerprint density at radius 1 is 1.00 bits per heavy atom. The van der Waals surface area contributed by atoms with Crippen molar-refractivity contribution in [2.24, 2.45) is 0 Å². The number of amides is 2. The zero-order chi connectivity index (χ0) is 14.4. The Morgan fingerprint density at radius 2 is 1.65 bits per heavy atom. The van der Waals surface area contributed by atoms with Gasteiger partial charge in [0.15, 0.2) is 0 Å².